The van der Waals surface area contributed by atoms with Crippen LogP contribution in [0.2, 0.25) is 5.02 Å². The van der Waals surface area contributed by atoms with E-state index in [0.29, 0.717) is 23.8 Å². The summed E-state index contributed by atoms with van der Waals surface area (Å²) in [5, 5.41) is 6.34. The van der Waals surface area contributed by atoms with Crippen LogP contribution in [-0.4, -0.2) is 79.4 Å². The molecule has 0 radical (unpaired) electrons. The lowest BCUT2D eigenvalue weighted by molar-refractivity contribution is -0.145. The molecule has 2 fully saturated rings. The van der Waals surface area contributed by atoms with E-state index in [1.165, 1.54) is 5.56 Å². The Hall–Kier alpha value is -3.10. The molecule has 0 saturated carbocycles. The Kier molecular flexibility index (Phi) is 8.25. The van der Waals surface area contributed by atoms with E-state index in [-0.39, 0.29) is 30.7 Å². The SMILES string of the molecule is CCc1ccc(NC(=O)C[C@H]2C(=O)NCCN2C(=O)CN2CCN(c3cccc(Cl)c3)CC2)cc1. The predicted molar refractivity (Wildman–Crippen MR) is 138 cm³/mol. The standard InChI is InChI=1S/C26H32ClN5O3/c1-2-19-6-8-21(9-7-19)29-24(33)17-23-26(35)28-10-11-32(23)25(34)18-30-12-14-31(15-13-30)22-5-3-4-20(27)16-22/h3-9,16,23H,2,10-15,17-18H2,1H3,(H,28,35)(H,29,33)/t23-/m0/s1. The van der Waals surface area contributed by atoms with Crippen molar-refractivity contribution in [1.29, 1.82) is 0 Å². The molecule has 2 heterocycles. The highest BCUT2D eigenvalue weighted by Gasteiger charge is 2.35. The van der Waals surface area contributed by atoms with Gasteiger partial charge in [-0.1, -0.05) is 36.7 Å². The lowest BCUT2D eigenvalue weighted by Gasteiger charge is -2.39. The minimum absolute atomic E-state index is 0.0738. The highest BCUT2D eigenvalue weighted by Crippen LogP contribution is 2.21. The molecule has 3 amide bonds. The Morgan fingerprint density at radius 3 is 2.49 bits per heavy atom. The van der Waals surface area contributed by atoms with E-state index in [2.05, 4.69) is 27.4 Å². The van der Waals surface area contributed by atoms with Crippen LogP contribution in [0.15, 0.2) is 48.5 Å². The van der Waals surface area contributed by atoms with Gasteiger partial charge >= 0.3 is 0 Å². The van der Waals surface area contributed by atoms with E-state index >= 15 is 0 Å². The zero-order chi connectivity index (χ0) is 24.8. The van der Waals surface area contributed by atoms with Crippen molar-refractivity contribution in [2.75, 3.05) is 56.0 Å². The normalized spacial score (nSPS) is 18.8. The van der Waals surface area contributed by atoms with Gasteiger partial charge in [-0.25, -0.2) is 0 Å². The number of carbonyl (C=O) groups is 3. The number of amides is 3. The minimum Gasteiger partial charge on any atom is -0.369 e. The Labute approximate surface area is 211 Å². The molecule has 0 aromatic heterocycles. The number of aryl methyl sites for hydroxylation is 1. The molecule has 2 saturated heterocycles. The van der Waals surface area contributed by atoms with Crippen molar-refractivity contribution in [1.82, 2.24) is 15.1 Å². The quantitative estimate of drug-likeness (QED) is 0.613. The number of nitrogens with one attached hydrogen (secondary N) is 2. The van der Waals surface area contributed by atoms with Crippen molar-refractivity contribution < 1.29 is 14.4 Å². The molecule has 0 spiro atoms. The summed E-state index contributed by atoms with van der Waals surface area (Å²) >= 11 is 6.12. The van der Waals surface area contributed by atoms with E-state index in [9.17, 15) is 14.4 Å². The third kappa shape index (κ3) is 6.52. The van der Waals surface area contributed by atoms with Crippen LogP contribution >= 0.6 is 11.6 Å². The summed E-state index contributed by atoms with van der Waals surface area (Å²) in [6.07, 6.45) is 0.846. The molecule has 2 aromatic rings. The van der Waals surface area contributed by atoms with Crippen LogP contribution in [0.3, 0.4) is 0 Å². The number of benzene rings is 2. The van der Waals surface area contributed by atoms with Crippen LogP contribution in [0, 0.1) is 0 Å². The maximum absolute atomic E-state index is 13.2. The molecule has 0 bridgehead atoms. The second-order valence-corrected chi connectivity index (χ2v) is 9.38. The summed E-state index contributed by atoms with van der Waals surface area (Å²) in [4.78, 5) is 44.3. The van der Waals surface area contributed by atoms with Gasteiger partial charge in [0.2, 0.25) is 17.7 Å². The van der Waals surface area contributed by atoms with Crippen molar-refractivity contribution in [3.63, 3.8) is 0 Å². The van der Waals surface area contributed by atoms with E-state index in [4.69, 9.17) is 11.6 Å². The number of halogens is 1. The van der Waals surface area contributed by atoms with Crippen LogP contribution < -0.4 is 15.5 Å². The molecule has 35 heavy (non-hydrogen) atoms. The van der Waals surface area contributed by atoms with Gasteiger partial charge in [0.25, 0.3) is 0 Å². The van der Waals surface area contributed by atoms with E-state index in [1.54, 1.807) is 4.90 Å². The average Bonchev–Trinajstić information content (AvgIpc) is 2.86. The molecule has 1 atom stereocenters. The van der Waals surface area contributed by atoms with Crippen molar-refractivity contribution in [3.8, 4) is 0 Å². The molecular formula is C26H32ClN5O3. The number of anilines is 2. The number of rotatable bonds is 7. The van der Waals surface area contributed by atoms with Crippen molar-refractivity contribution in [2.45, 2.75) is 25.8 Å². The number of nitrogens with zero attached hydrogens (tertiary/aromatic N) is 3. The highest BCUT2D eigenvalue weighted by molar-refractivity contribution is 6.30. The minimum atomic E-state index is -0.807. The molecular weight excluding hydrogens is 466 g/mol. The van der Waals surface area contributed by atoms with Gasteiger partial charge in [-0.15, -0.1) is 0 Å². The van der Waals surface area contributed by atoms with Crippen molar-refractivity contribution >= 4 is 40.7 Å². The summed E-state index contributed by atoms with van der Waals surface area (Å²) in [7, 11) is 0. The zero-order valence-electron chi connectivity index (χ0n) is 20.0. The number of piperazine rings is 2. The summed E-state index contributed by atoms with van der Waals surface area (Å²) < 4.78 is 0. The van der Waals surface area contributed by atoms with Crippen LogP contribution in [-0.2, 0) is 20.8 Å². The first-order valence-corrected chi connectivity index (χ1v) is 12.5. The smallest absolute Gasteiger partial charge is 0.243 e. The third-order valence-corrected chi connectivity index (χ3v) is 6.82. The second-order valence-electron chi connectivity index (χ2n) is 8.94. The molecule has 2 aliphatic heterocycles. The van der Waals surface area contributed by atoms with Gasteiger partial charge < -0.3 is 20.4 Å². The van der Waals surface area contributed by atoms with Gasteiger partial charge in [-0.2, -0.15) is 0 Å². The second kappa shape index (κ2) is 11.6. The fourth-order valence-electron chi connectivity index (χ4n) is 4.55. The van der Waals surface area contributed by atoms with E-state index < -0.39 is 6.04 Å². The van der Waals surface area contributed by atoms with Crippen LogP contribution in [0.5, 0.6) is 0 Å². The average molecular weight is 498 g/mol. The van der Waals surface area contributed by atoms with E-state index in [1.807, 2.05) is 48.5 Å². The zero-order valence-corrected chi connectivity index (χ0v) is 20.8. The topological polar surface area (TPSA) is 85.0 Å². The molecule has 0 aliphatic carbocycles. The Morgan fingerprint density at radius 2 is 1.80 bits per heavy atom. The number of hydrogen-bond donors (Lipinski definition) is 2. The Bertz CT molecular complexity index is 1050. The maximum atomic E-state index is 13.2. The molecule has 186 valence electrons. The first-order valence-electron chi connectivity index (χ1n) is 12.1. The van der Waals surface area contributed by atoms with Gasteiger partial charge in [-0.05, 0) is 42.3 Å². The van der Waals surface area contributed by atoms with Crippen LogP contribution in [0.25, 0.3) is 0 Å². The molecule has 2 aromatic carbocycles. The Morgan fingerprint density at radius 1 is 1.06 bits per heavy atom. The summed E-state index contributed by atoms with van der Waals surface area (Å²) in [5.74, 6) is -0.697. The lowest BCUT2D eigenvalue weighted by Crippen LogP contribution is -2.60. The van der Waals surface area contributed by atoms with E-state index in [0.717, 1.165) is 38.3 Å². The predicted octanol–water partition coefficient (Wildman–Crippen LogP) is 2.38. The van der Waals surface area contributed by atoms with Crippen LogP contribution in [0.4, 0.5) is 11.4 Å². The van der Waals surface area contributed by atoms with Gasteiger partial charge in [0.05, 0.1) is 13.0 Å². The number of carbonyl (C=O) groups excluding carboxylic acids is 3. The molecule has 4 rings (SSSR count). The first kappa shape index (κ1) is 25.0. The molecule has 0 unspecified atom stereocenters. The molecule has 2 aliphatic rings. The lowest BCUT2D eigenvalue weighted by atomic mass is 10.1. The summed E-state index contributed by atoms with van der Waals surface area (Å²) in [6.45, 7) is 6.13. The first-order chi connectivity index (χ1) is 16.9. The maximum Gasteiger partial charge on any atom is 0.243 e. The largest absolute Gasteiger partial charge is 0.369 e. The summed E-state index contributed by atoms with van der Waals surface area (Å²) in [6, 6.07) is 14.6. The third-order valence-electron chi connectivity index (χ3n) is 6.58. The Balaban J connectivity index is 1.31. The fourth-order valence-corrected chi connectivity index (χ4v) is 4.73. The molecule has 9 heteroatoms. The monoisotopic (exact) mass is 497 g/mol. The van der Waals surface area contributed by atoms with Gasteiger partial charge in [-0.3, -0.25) is 19.3 Å². The van der Waals surface area contributed by atoms with Gasteiger partial charge in [0.15, 0.2) is 0 Å². The van der Waals surface area contributed by atoms with Crippen molar-refractivity contribution in [3.05, 3.63) is 59.1 Å². The summed E-state index contributed by atoms with van der Waals surface area (Å²) in [5.41, 5.74) is 2.94. The highest BCUT2D eigenvalue weighted by atomic mass is 35.5. The molecule has 2 N–H and O–H groups in total. The molecule has 8 nitrogen and oxygen atoms in total. The van der Waals surface area contributed by atoms with Crippen LogP contribution in [0.1, 0.15) is 18.9 Å². The fraction of sp³-hybridized carbons (Fsp3) is 0.423. The van der Waals surface area contributed by atoms with Crippen molar-refractivity contribution in [2.24, 2.45) is 0 Å². The van der Waals surface area contributed by atoms with Gasteiger partial charge in [0.1, 0.15) is 6.04 Å². The number of hydrogen-bond acceptors (Lipinski definition) is 5. The van der Waals surface area contributed by atoms with Gasteiger partial charge in [0, 0.05) is 55.7 Å².